The van der Waals surface area contributed by atoms with Crippen LogP contribution in [-0.2, 0) is 0 Å². The van der Waals surface area contributed by atoms with Crippen molar-refractivity contribution in [2.45, 2.75) is 44.4 Å². The molecule has 3 unspecified atom stereocenters. The van der Waals surface area contributed by atoms with Gasteiger partial charge in [0.25, 0.3) is 0 Å². The highest BCUT2D eigenvalue weighted by Crippen LogP contribution is 2.30. The molecule has 0 radical (unpaired) electrons. The van der Waals surface area contributed by atoms with E-state index in [-0.39, 0.29) is 17.9 Å². The summed E-state index contributed by atoms with van der Waals surface area (Å²) in [6.07, 6.45) is 1.77. The number of benzene rings is 1. The van der Waals surface area contributed by atoms with Gasteiger partial charge in [0, 0.05) is 18.6 Å². The van der Waals surface area contributed by atoms with E-state index in [1.807, 2.05) is 13.8 Å². The van der Waals surface area contributed by atoms with Gasteiger partial charge in [-0.25, -0.2) is 4.39 Å². The SMILES string of the molecule is CC(N)C(c1ccc(F)cc1)N1CCCC(C)(O)C1. The van der Waals surface area contributed by atoms with Gasteiger partial charge in [-0.2, -0.15) is 0 Å². The average molecular weight is 266 g/mol. The Morgan fingerprint density at radius 3 is 2.53 bits per heavy atom. The maximum atomic E-state index is 13.0. The Hall–Kier alpha value is -0.970. The van der Waals surface area contributed by atoms with Gasteiger partial charge in [-0.15, -0.1) is 0 Å². The summed E-state index contributed by atoms with van der Waals surface area (Å²) in [7, 11) is 0. The standard InChI is InChI=1S/C15H23FN2O/c1-11(17)14(12-4-6-13(16)7-5-12)18-9-3-8-15(2,19)10-18/h4-7,11,14,19H,3,8-10,17H2,1-2H3. The molecule has 3 nitrogen and oxygen atoms in total. The van der Waals surface area contributed by atoms with E-state index in [9.17, 15) is 9.50 Å². The van der Waals surface area contributed by atoms with Gasteiger partial charge in [-0.3, -0.25) is 4.90 Å². The smallest absolute Gasteiger partial charge is 0.123 e. The number of hydrogen-bond donors (Lipinski definition) is 2. The van der Waals surface area contributed by atoms with Crippen LogP contribution in [0.25, 0.3) is 0 Å². The monoisotopic (exact) mass is 266 g/mol. The van der Waals surface area contributed by atoms with E-state index >= 15 is 0 Å². The number of likely N-dealkylation sites (tertiary alicyclic amines) is 1. The first-order valence-corrected chi connectivity index (χ1v) is 6.86. The van der Waals surface area contributed by atoms with Crippen LogP contribution in [0.15, 0.2) is 24.3 Å². The first-order chi connectivity index (χ1) is 8.89. The average Bonchev–Trinajstić information content (AvgIpc) is 2.30. The van der Waals surface area contributed by atoms with E-state index in [1.165, 1.54) is 12.1 Å². The minimum Gasteiger partial charge on any atom is -0.389 e. The first kappa shape index (κ1) is 14.4. The maximum absolute atomic E-state index is 13.0. The van der Waals surface area contributed by atoms with Crippen LogP contribution in [0.3, 0.4) is 0 Å². The van der Waals surface area contributed by atoms with E-state index in [4.69, 9.17) is 5.73 Å². The van der Waals surface area contributed by atoms with Gasteiger partial charge >= 0.3 is 0 Å². The van der Waals surface area contributed by atoms with E-state index in [0.717, 1.165) is 24.9 Å². The van der Waals surface area contributed by atoms with E-state index < -0.39 is 5.60 Å². The van der Waals surface area contributed by atoms with Gasteiger partial charge in [-0.1, -0.05) is 12.1 Å². The Balaban J connectivity index is 2.22. The molecule has 3 atom stereocenters. The highest BCUT2D eigenvalue weighted by Gasteiger charge is 2.34. The molecule has 1 aromatic carbocycles. The molecular weight excluding hydrogens is 243 g/mol. The number of nitrogens with two attached hydrogens (primary N) is 1. The molecule has 0 aliphatic carbocycles. The highest BCUT2D eigenvalue weighted by molar-refractivity contribution is 5.22. The normalized spacial score (nSPS) is 28.1. The molecule has 1 fully saturated rings. The van der Waals surface area contributed by atoms with Crippen LogP contribution >= 0.6 is 0 Å². The highest BCUT2D eigenvalue weighted by atomic mass is 19.1. The van der Waals surface area contributed by atoms with Crippen LogP contribution in [0.1, 0.15) is 38.3 Å². The van der Waals surface area contributed by atoms with Crippen LogP contribution in [0.5, 0.6) is 0 Å². The summed E-state index contributed by atoms with van der Waals surface area (Å²) in [6, 6.07) is 6.45. The number of nitrogens with zero attached hydrogens (tertiary/aromatic N) is 1. The van der Waals surface area contributed by atoms with Gasteiger partial charge in [0.1, 0.15) is 5.82 Å². The third-order valence-corrected chi connectivity index (χ3v) is 3.81. The van der Waals surface area contributed by atoms with Crippen molar-refractivity contribution in [1.82, 2.24) is 4.90 Å². The van der Waals surface area contributed by atoms with Crippen molar-refractivity contribution in [3.63, 3.8) is 0 Å². The summed E-state index contributed by atoms with van der Waals surface area (Å²) < 4.78 is 13.0. The van der Waals surface area contributed by atoms with Crippen molar-refractivity contribution in [3.8, 4) is 0 Å². The molecule has 4 heteroatoms. The molecule has 1 aliphatic rings. The Labute approximate surface area is 114 Å². The summed E-state index contributed by atoms with van der Waals surface area (Å²) in [5.41, 5.74) is 6.46. The van der Waals surface area contributed by atoms with Gasteiger partial charge in [0.2, 0.25) is 0 Å². The third kappa shape index (κ3) is 3.53. The van der Waals surface area contributed by atoms with Crippen molar-refractivity contribution in [1.29, 1.82) is 0 Å². The molecule has 0 bridgehead atoms. The predicted octanol–water partition coefficient (Wildman–Crippen LogP) is 2.06. The Morgan fingerprint density at radius 2 is 2.00 bits per heavy atom. The van der Waals surface area contributed by atoms with Crippen LogP contribution in [0.2, 0.25) is 0 Å². The molecule has 0 amide bonds. The van der Waals surface area contributed by atoms with Gasteiger partial charge in [0.05, 0.1) is 5.60 Å². The number of hydrogen-bond acceptors (Lipinski definition) is 3. The maximum Gasteiger partial charge on any atom is 0.123 e. The molecule has 1 saturated heterocycles. The number of piperidine rings is 1. The molecule has 0 aromatic heterocycles. The lowest BCUT2D eigenvalue weighted by Gasteiger charge is -2.42. The molecule has 1 aromatic rings. The van der Waals surface area contributed by atoms with Crippen LogP contribution in [-0.4, -0.2) is 34.7 Å². The molecule has 1 heterocycles. The molecular formula is C15H23FN2O. The quantitative estimate of drug-likeness (QED) is 0.880. The number of halogens is 1. The fourth-order valence-corrected chi connectivity index (χ4v) is 3.00. The van der Waals surface area contributed by atoms with E-state index in [0.29, 0.717) is 6.54 Å². The lowest BCUT2D eigenvalue weighted by atomic mass is 9.90. The second-order valence-electron chi connectivity index (χ2n) is 5.93. The van der Waals surface area contributed by atoms with Crippen molar-refractivity contribution in [2.24, 2.45) is 5.73 Å². The Kier molecular flexibility index (Phi) is 4.23. The summed E-state index contributed by atoms with van der Waals surface area (Å²) >= 11 is 0. The number of aliphatic hydroxyl groups is 1. The van der Waals surface area contributed by atoms with Crippen molar-refractivity contribution >= 4 is 0 Å². The minimum atomic E-state index is -0.661. The zero-order valence-electron chi connectivity index (χ0n) is 11.6. The topological polar surface area (TPSA) is 49.5 Å². The van der Waals surface area contributed by atoms with Crippen molar-refractivity contribution in [3.05, 3.63) is 35.6 Å². The first-order valence-electron chi connectivity index (χ1n) is 6.86. The predicted molar refractivity (Wildman–Crippen MR) is 74.2 cm³/mol. The van der Waals surface area contributed by atoms with E-state index in [2.05, 4.69) is 4.90 Å². The summed E-state index contributed by atoms with van der Waals surface area (Å²) in [5, 5.41) is 10.2. The van der Waals surface area contributed by atoms with Crippen LogP contribution < -0.4 is 5.73 Å². The molecule has 19 heavy (non-hydrogen) atoms. The fourth-order valence-electron chi connectivity index (χ4n) is 3.00. The van der Waals surface area contributed by atoms with Gasteiger partial charge in [-0.05, 0) is 50.9 Å². The number of rotatable bonds is 3. The molecule has 106 valence electrons. The van der Waals surface area contributed by atoms with E-state index in [1.54, 1.807) is 12.1 Å². The summed E-state index contributed by atoms with van der Waals surface area (Å²) in [5.74, 6) is -0.238. The van der Waals surface area contributed by atoms with Crippen molar-refractivity contribution in [2.75, 3.05) is 13.1 Å². The summed E-state index contributed by atoms with van der Waals surface area (Å²) in [4.78, 5) is 2.21. The molecule has 3 N–H and O–H groups in total. The molecule has 0 saturated carbocycles. The van der Waals surface area contributed by atoms with Crippen LogP contribution in [0, 0.1) is 5.82 Å². The zero-order valence-corrected chi connectivity index (χ0v) is 11.6. The Bertz CT molecular complexity index is 417. The zero-order chi connectivity index (χ0) is 14.0. The lowest BCUT2D eigenvalue weighted by Crippen LogP contribution is -2.50. The largest absolute Gasteiger partial charge is 0.389 e. The lowest BCUT2D eigenvalue weighted by molar-refractivity contribution is -0.0333. The van der Waals surface area contributed by atoms with Gasteiger partial charge < -0.3 is 10.8 Å². The second kappa shape index (κ2) is 5.57. The van der Waals surface area contributed by atoms with Gasteiger partial charge in [0.15, 0.2) is 0 Å². The number of β-amino-alcohol motifs (C(OH)–C–C–N with tert-alkyl or cyclic N) is 1. The summed E-state index contributed by atoms with van der Waals surface area (Å²) in [6.45, 7) is 5.34. The molecule has 0 spiro atoms. The molecule has 1 aliphatic heterocycles. The Morgan fingerprint density at radius 1 is 1.37 bits per heavy atom. The van der Waals surface area contributed by atoms with Crippen molar-refractivity contribution < 1.29 is 9.50 Å². The minimum absolute atomic E-state index is 0.0207. The third-order valence-electron chi connectivity index (χ3n) is 3.81. The molecule has 2 rings (SSSR count). The van der Waals surface area contributed by atoms with Crippen LogP contribution in [0.4, 0.5) is 4.39 Å². The fraction of sp³-hybridized carbons (Fsp3) is 0.600. The second-order valence-corrected chi connectivity index (χ2v) is 5.93.